The van der Waals surface area contributed by atoms with Crippen LogP contribution < -0.4 is 5.32 Å². The standard InChI is InChI=1S/C26H23ClFN5O2/c1-16(34)32-13-19-10-20(14-32)21(19)15-33-24(22(27)12-30-33)26(35)31-25-23(28)9-18(11-29-25)8-7-17-5-3-2-4-6-17/h2-6,9,11-12,19-21H,10,13-15H2,1H3,(H,29,31,35). The third-order valence-electron chi connectivity index (χ3n) is 6.76. The molecule has 1 aliphatic carbocycles. The number of anilines is 1. The number of amides is 2. The number of carbonyl (C=O) groups excluding carboxylic acids is 2. The van der Waals surface area contributed by atoms with E-state index in [1.807, 2.05) is 35.2 Å². The Labute approximate surface area is 207 Å². The van der Waals surface area contributed by atoms with Gasteiger partial charge in [-0.1, -0.05) is 41.6 Å². The van der Waals surface area contributed by atoms with Crippen molar-refractivity contribution in [1.29, 1.82) is 0 Å². The van der Waals surface area contributed by atoms with Gasteiger partial charge in [0, 0.05) is 43.9 Å². The van der Waals surface area contributed by atoms with E-state index < -0.39 is 11.7 Å². The van der Waals surface area contributed by atoms with Crippen LogP contribution in [0.5, 0.6) is 0 Å². The zero-order valence-corrected chi connectivity index (χ0v) is 19.8. The van der Waals surface area contributed by atoms with Gasteiger partial charge in [0.1, 0.15) is 5.69 Å². The van der Waals surface area contributed by atoms with Crippen LogP contribution in [0.1, 0.15) is 35.0 Å². The Morgan fingerprint density at radius 2 is 1.86 bits per heavy atom. The monoisotopic (exact) mass is 491 g/mol. The van der Waals surface area contributed by atoms with E-state index in [9.17, 15) is 14.0 Å². The average molecular weight is 492 g/mol. The second kappa shape index (κ2) is 9.51. The lowest BCUT2D eigenvalue weighted by molar-refractivity contribution is -0.140. The Bertz CT molecular complexity index is 1330. The van der Waals surface area contributed by atoms with Gasteiger partial charge in [-0.15, -0.1) is 0 Å². The number of benzene rings is 1. The molecule has 2 saturated heterocycles. The summed E-state index contributed by atoms with van der Waals surface area (Å²) in [4.78, 5) is 30.6. The van der Waals surface area contributed by atoms with Crippen molar-refractivity contribution in [3.63, 3.8) is 0 Å². The fourth-order valence-corrected chi connectivity index (χ4v) is 5.13. The van der Waals surface area contributed by atoms with E-state index in [-0.39, 0.29) is 22.4 Å². The molecule has 178 valence electrons. The number of pyridine rings is 1. The molecule has 2 aliphatic heterocycles. The average Bonchev–Trinajstić information content (AvgIpc) is 3.23. The Balaban J connectivity index is 1.28. The van der Waals surface area contributed by atoms with Gasteiger partial charge >= 0.3 is 0 Å². The molecule has 3 aromatic rings. The van der Waals surface area contributed by atoms with Crippen LogP contribution in [0.2, 0.25) is 5.02 Å². The third kappa shape index (κ3) is 4.77. The number of piperidine rings is 2. The van der Waals surface area contributed by atoms with Gasteiger partial charge in [-0.25, -0.2) is 9.37 Å². The molecule has 2 amide bonds. The molecule has 2 atom stereocenters. The first-order chi connectivity index (χ1) is 16.9. The number of nitrogens with zero attached hydrogens (tertiary/aromatic N) is 4. The first kappa shape index (κ1) is 23.1. The predicted octanol–water partition coefficient (Wildman–Crippen LogP) is 3.84. The molecule has 1 aromatic carbocycles. The second-order valence-corrected chi connectivity index (χ2v) is 9.40. The molecule has 2 bridgehead atoms. The van der Waals surface area contributed by atoms with Crippen molar-refractivity contribution in [1.82, 2.24) is 19.7 Å². The van der Waals surface area contributed by atoms with Crippen molar-refractivity contribution in [3.8, 4) is 11.8 Å². The highest BCUT2D eigenvalue weighted by molar-refractivity contribution is 6.34. The molecule has 3 aliphatic rings. The van der Waals surface area contributed by atoms with Crippen LogP contribution >= 0.6 is 11.6 Å². The SMILES string of the molecule is CC(=O)N1CC2CC(C1)C2Cn1ncc(Cl)c1C(=O)Nc1ncc(C#Cc2ccccc2)cc1F. The predicted molar refractivity (Wildman–Crippen MR) is 129 cm³/mol. The number of halogens is 2. The highest BCUT2D eigenvalue weighted by Crippen LogP contribution is 2.46. The molecule has 7 nitrogen and oxygen atoms in total. The van der Waals surface area contributed by atoms with Gasteiger partial charge in [-0.05, 0) is 42.4 Å². The van der Waals surface area contributed by atoms with E-state index in [1.54, 1.807) is 11.6 Å². The Kier molecular flexibility index (Phi) is 6.27. The molecule has 35 heavy (non-hydrogen) atoms. The fraction of sp³-hybridized carbons (Fsp3) is 0.308. The van der Waals surface area contributed by atoms with E-state index in [4.69, 9.17) is 11.6 Å². The second-order valence-electron chi connectivity index (χ2n) is 8.99. The van der Waals surface area contributed by atoms with E-state index in [1.165, 1.54) is 18.5 Å². The zero-order chi connectivity index (χ0) is 24.5. The fourth-order valence-electron chi connectivity index (χ4n) is 4.90. The molecular weight excluding hydrogens is 469 g/mol. The topological polar surface area (TPSA) is 80.1 Å². The maximum Gasteiger partial charge on any atom is 0.276 e. The minimum Gasteiger partial charge on any atom is -0.342 e. The van der Waals surface area contributed by atoms with Crippen LogP contribution in [0.3, 0.4) is 0 Å². The van der Waals surface area contributed by atoms with Gasteiger partial charge in [0.2, 0.25) is 5.91 Å². The molecule has 6 rings (SSSR count). The smallest absolute Gasteiger partial charge is 0.276 e. The molecular formula is C26H23ClFN5O2. The van der Waals surface area contributed by atoms with Crippen molar-refractivity contribution in [2.24, 2.45) is 17.8 Å². The molecule has 9 heteroatoms. The Hall–Kier alpha value is -3.70. The molecule has 3 fully saturated rings. The number of aromatic nitrogens is 3. The summed E-state index contributed by atoms with van der Waals surface area (Å²) >= 11 is 6.27. The maximum atomic E-state index is 14.7. The van der Waals surface area contributed by atoms with E-state index >= 15 is 0 Å². The van der Waals surface area contributed by atoms with Crippen LogP contribution in [-0.4, -0.2) is 44.6 Å². The van der Waals surface area contributed by atoms with Gasteiger partial charge in [-0.2, -0.15) is 5.10 Å². The number of carbonyl (C=O) groups is 2. The zero-order valence-electron chi connectivity index (χ0n) is 19.0. The minimum atomic E-state index is -0.696. The normalized spacial score (nSPS) is 20.4. The van der Waals surface area contributed by atoms with E-state index in [2.05, 4.69) is 27.2 Å². The summed E-state index contributed by atoms with van der Waals surface area (Å²) in [7, 11) is 0. The highest BCUT2D eigenvalue weighted by atomic mass is 35.5. The van der Waals surface area contributed by atoms with Gasteiger partial charge < -0.3 is 10.2 Å². The number of hydrogen-bond donors (Lipinski definition) is 1. The summed E-state index contributed by atoms with van der Waals surface area (Å²) in [6.45, 7) is 3.55. The minimum absolute atomic E-state index is 0.0898. The van der Waals surface area contributed by atoms with Gasteiger partial charge in [0.25, 0.3) is 5.91 Å². The van der Waals surface area contributed by atoms with Crippen LogP contribution in [0.4, 0.5) is 10.2 Å². The molecule has 2 aromatic heterocycles. The van der Waals surface area contributed by atoms with Gasteiger partial charge in [-0.3, -0.25) is 14.3 Å². The Morgan fingerprint density at radius 3 is 2.54 bits per heavy atom. The summed E-state index contributed by atoms with van der Waals surface area (Å²) in [5.41, 5.74) is 1.36. The number of hydrogen-bond acceptors (Lipinski definition) is 4. The molecule has 0 spiro atoms. The van der Waals surface area contributed by atoms with Crippen LogP contribution in [-0.2, 0) is 11.3 Å². The lowest BCUT2D eigenvalue weighted by atomic mass is 9.61. The van der Waals surface area contributed by atoms with Crippen molar-refractivity contribution in [2.45, 2.75) is 19.9 Å². The summed E-state index contributed by atoms with van der Waals surface area (Å²) in [5.74, 6) is 5.47. The molecule has 0 radical (unpaired) electrons. The van der Waals surface area contributed by atoms with Crippen LogP contribution in [0.15, 0.2) is 48.8 Å². The van der Waals surface area contributed by atoms with Crippen molar-refractivity contribution in [3.05, 3.63) is 76.5 Å². The van der Waals surface area contributed by atoms with Crippen molar-refractivity contribution < 1.29 is 14.0 Å². The summed E-state index contributed by atoms with van der Waals surface area (Å²) in [6, 6.07) is 10.6. The number of nitrogens with one attached hydrogen (secondary N) is 1. The molecule has 2 unspecified atom stereocenters. The van der Waals surface area contributed by atoms with Crippen LogP contribution in [0, 0.1) is 35.4 Å². The third-order valence-corrected chi connectivity index (χ3v) is 7.04. The van der Waals surface area contributed by atoms with Gasteiger partial charge in [0.05, 0.1) is 11.2 Å². The highest BCUT2D eigenvalue weighted by Gasteiger charge is 2.47. The maximum absolute atomic E-state index is 14.7. The Morgan fingerprint density at radius 1 is 1.14 bits per heavy atom. The first-order valence-electron chi connectivity index (χ1n) is 11.4. The lowest BCUT2D eigenvalue weighted by Crippen LogP contribution is -2.57. The van der Waals surface area contributed by atoms with E-state index in [0.29, 0.717) is 29.9 Å². The van der Waals surface area contributed by atoms with Crippen LogP contribution in [0.25, 0.3) is 0 Å². The number of fused-ring (bicyclic) bond motifs is 2. The van der Waals surface area contributed by atoms with Crippen molar-refractivity contribution in [2.75, 3.05) is 18.4 Å². The summed E-state index contributed by atoms with van der Waals surface area (Å²) in [5, 5.41) is 6.97. The first-order valence-corrected chi connectivity index (χ1v) is 11.8. The molecule has 1 saturated carbocycles. The summed E-state index contributed by atoms with van der Waals surface area (Å²) in [6.07, 6.45) is 3.89. The molecule has 4 heterocycles. The largest absolute Gasteiger partial charge is 0.342 e. The lowest BCUT2D eigenvalue weighted by Gasteiger charge is -2.53. The quantitative estimate of drug-likeness (QED) is 0.562. The van der Waals surface area contributed by atoms with Gasteiger partial charge in [0.15, 0.2) is 11.6 Å². The summed E-state index contributed by atoms with van der Waals surface area (Å²) < 4.78 is 16.3. The molecule has 1 N–H and O–H groups in total. The van der Waals surface area contributed by atoms with E-state index in [0.717, 1.165) is 25.1 Å². The number of rotatable bonds is 4. The van der Waals surface area contributed by atoms with Crippen molar-refractivity contribution >= 4 is 29.2 Å².